The van der Waals surface area contributed by atoms with E-state index in [1.165, 1.54) is 37.3 Å². The van der Waals surface area contributed by atoms with Crippen molar-refractivity contribution in [1.29, 1.82) is 0 Å². The number of rotatable bonds is 5. The van der Waals surface area contributed by atoms with E-state index in [-0.39, 0.29) is 17.1 Å². The Labute approximate surface area is 172 Å². The molecule has 6 heteroatoms. The van der Waals surface area contributed by atoms with Gasteiger partial charge in [-0.25, -0.2) is 4.79 Å². The molecule has 0 atom stereocenters. The fourth-order valence-corrected chi connectivity index (χ4v) is 3.33. The van der Waals surface area contributed by atoms with Crippen molar-refractivity contribution < 1.29 is 28.7 Å². The Bertz CT molecular complexity index is 1190. The van der Waals surface area contributed by atoms with E-state index in [0.717, 1.165) is 5.56 Å². The van der Waals surface area contributed by atoms with Crippen LogP contribution in [-0.2, 0) is 9.53 Å². The highest BCUT2D eigenvalue weighted by Gasteiger charge is 2.27. The Morgan fingerprint density at radius 1 is 0.767 bits per heavy atom. The number of ketones is 2. The molecule has 30 heavy (non-hydrogen) atoms. The summed E-state index contributed by atoms with van der Waals surface area (Å²) >= 11 is 0. The van der Waals surface area contributed by atoms with Crippen LogP contribution in [-0.4, -0.2) is 30.1 Å². The van der Waals surface area contributed by atoms with Crippen LogP contribution in [0.15, 0.2) is 66.7 Å². The number of benzene rings is 3. The zero-order valence-corrected chi connectivity index (χ0v) is 16.0. The second-order valence-corrected chi connectivity index (χ2v) is 6.75. The topological polar surface area (TPSA) is 86.7 Å². The molecule has 0 N–H and O–H groups in total. The number of carbonyl (C=O) groups is 4. The molecule has 3 aromatic rings. The van der Waals surface area contributed by atoms with Crippen LogP contribution in [0.2, 0.25) is 0 Å². The molecule has 0 radical (unpaired) electrons. The SMILES string of the molecule is CC(=O)Oc1ccc(C(=O)COC(=O)c2ccc3c(c2)-c2ccccc2C3=O)cc1. The minimum absolute atomic E-state index is 0.0760. The zero-order valence-electron chi connectivity index (χ0n) is 16.0. The minimum atomic E-state index is -0.653. The number of carbonyl (C=O) groups excluding carboxylic acids is 4. The van der Waals surface area contributed by atoms with Crippen molar-refractivity contribution in [2.24, 2.45) is 0 Å². The summed E-state index contributed by atoms with van der Waals surface area (Å²) in [5.41, 5.74) is 3.18. The number of ether oxygens (including phenoxy) is 2. The van der Waals surface area contributed by atoms with Gasteiger partial charge in [0.2, 0.25) is 0 Å². The van der Waals surface area contributed by atoms with Gasteiger partial charge in [-0.3, -0.25) is 14.4 Å². The van der Waals surface area contributed by atoms with Crippen LogP contribution in [0.4, 0.5) is 0 Å². The van der Waals surface area contributed by atoms with Crippen LogP contribution < -0.4 is 4.74 Å². The Balaban J connectivity index is 1.45. The van der Waals surface area contributed by atoms with Crippen LogP contribution in [0.1, 0.15) is 43.6 Å². The summed E-state index contributed by atoms with van der Waals surface area (Å²) in [7, 11) is 0. The molecule has 0 heterocycles. The quantitative estimate of drug-likeness (QED) is 0.287. The lowest BCUT2D eigenvalue weighted by Gasteiger charge is -2.07. The van der Waals surface area contributed by atoms with Crippen molar-refractivity contribution in [3.05, 3.63) is 89.0 Å². The summed E-state index contributed by atoms with van der Waals surface area (Å²) in [4.78, 5) is 48.1. The van der Waals surface area contributed by atoms with Gasteiger partial charge in [0.25, 0.3) is 0 Å². The van der Waals surface area contributed by atoms with Gasteiger partial charge in [0.1, 0.15) is 5.75 Å². The lowest BCUT2D eigenvalue weighted by atomic mass is 10.0. The van der Waals surface area contributed by atoms with Gasteiger partial charge in [-0.1, -0.05) is 24.3 Å². The van der Waals surface area contributed by atoms with Gasteiger partial charge in [0, 0.05) is 23.6 Å². The standard InChI is InChI=1S/C24H16O6/c1-14(25)30-17-9-6-15(7-10-17)22(26)13-29-24(28)16-8-11-20-21(12-16)18-4-2-3-5-19(18)23(20)27/h2-12H,13H2,1H3. The number of hydrogen-bond acceptors (Lipinski definition) is 6. The predicted octanol–water partition coefficient (Wildman–Crippen LogP) is 3.86. The van der Waals surface area contributed by atoms with Crippen molar-refractivity contribution >= 4 is 23.5 Å². The molecule has 148 valence electrons. The van der Waals surface area contributed by atoms with E-state index < -0.39 is 18.5 Å². The molecule has 0 unspecified atom stereocenters. The first kappa shape index (κ1) is 19.3. The van der Waals surface area contributed by atoms with Gasteiger partial charge in [0.05, 0.1) is 5.56 Å². The third-order valence-corrected chi connectivity index (χ3v) is 4.73. The van der Waals surface area contributed by atoms with Gasteiger partial charge in [-0.05, 0) is 53.6 Å². The molecule has 0 bridgehead atoms. The van der Waals surface area contributed by atoms with Crippen molar-refractivity contribution in [1.82, 2.24) is 0 Å². The molecule has 0 aromatic heterocycles. The van der Waals surface area contributed by atoms with Crippen LogP contribution in [0.5, 0.6) is 5.75 Å². The number of esters is 2. The van der Waals surface area contributed by atoms with Gasteiger partial charge < -0.3 is 9.47 Å². The van der Waals surface area contributed by atoms with E-state index in [1.54, 1.807) is 24.3 Å². The second-order valence-electron chi connectivity index (χ2n) is 6.75. The molecule has 6 nitrogen and oxygen atoms in total. The van der Waals surface area contributed by atoms with E-state index in [9.17, 15) is 19.2 Å². The molecular weight excluding hydrogens is 384 g/mol. The first-order valence-corrected chi connectivity index (χ1v) is 9.21. The van der Waals surface area contributed by atoms with E-state index in [2.05, 4.69) is 0 Å². The highest BCUT2D eigenvalue weighted by Crippen LogP contribution is 2.36. The molecule has 0 spiro atoms. The highest BCUT2D eigenvalue weighted by atomic mass is 16.5. The number of Topliss-reactive ketones (excluding diaryl/α,β-unsaturated/α-hetero) is 1. The first-order valence-electron chi connectivity index (χ1n) is 9.21. The Morgan fingerprint density at radius 3 is 2.10 bits per heavy atom. The molecular formula is C24H16O6. The molecule has 0 amide bonds. The summed E-state index contributed by atoms with van der Waals surface area (Å²) in [5.74, 6) is -1.25. The lowest BCUT2D eigenvalue weighted by Crippen LogP contribution is -2.14. The van der Waals surface area contributed by atoms with E-state index in [4.69, 9.17) is 9.47 Å². The molecule has 0 saturated carbocycles. The third-order valence-electron chi connectivity index (χ3n) is 4.73. The summed E-state index contributed by atoms with van der Waals surface area (Å²) in [6, 6.07) is 17.9. The van der Waals surface area contributed by atoms with Crippen molar-refractivity contribution in [2.75, 3.05) is 6.61 Å². The fraction of sp³-hybridized carbons (Fsp3) is 0.0833. The van der Waals surface area contributed by atoms with Gasteiger partial charge in [0.15, 0.2) is 18.2 Å². The third kappa shape index (κ3) is 3.63. The van der Waals surface area contributed by atoms with E-state index in [0.29, 0.717) is 28.0 Å². The Kier molecular flexibility index (Phi) is 4.98. The summed E-state index contributed by atoms with van der Waals surface area (Å²) < 4.78 is 10.1. The van der Waals surface area contributed by atoms with Crippen LogP contribution >= 0.6 is 0 Å². The Hall–Kier alpha value is -4.06. The van der Waals surface area contributed by atoms with Gasteiger partial charge >= 0.3 is 11.9 Å². The largest absolute Gasteiger partial charge is 0.454 e. The molecule has 0 aliphatic heterocycles. The van der Waals surface area contributed by atoms with Crippen LogP contribution in [0, 0.1) is 0 Å². The Morgan fingerprint density at radius 2 is 1.40 bits per heavy atom. The van der Waals surface area contributed by atoms with Crippen molar-refractivity contribution in [2.45, 2.75) is 6.92 Å². The maximum absolute atomic E-state index is 12.4. The minimum Gasteiger partial charge on any atom is -0.454 e. The van der Waals surface area contributed by atoms with E-state index in [1.807, 2.05) is 12.1 Å². The van der Waals surface area contributed by atoms with Crippen LogP contribution in [0.25, 0.3) is 11.1 Å². The summed E-state index contributed by atoms with van der Waals surface area (Å²) in [6.07, 6.45) is 0. The number of fused-ring (bicyclic) bond motifs is 3. The second kappa shape index (κ2) is 7.75. The monoisotopic (exact) mass is 400 g/mol. The fourth-order valence-electron chi connectivity index (χ4n) is 3.33. The van der Waals surface area contributed by atoms with Gasteiger partial charge in [-0.15, -0.1) is 0 Å². The van der Waals surface area contributed by atoms with Crippen molar-refractivity contribution in [3.63, 3.8) is 0 Å². The molecule has 0 fully saturated rings. The predicted molar refractivity (Wildman–Crippen MR) is 108 cm³/mol. The molecule has 3 aromatic carbocycles. The molecule has 1 aliphatic carbocycles. The van der Waals surface area contributed by atoms with E-state index >= 15 is 0 Å². The average Bonchev–Trinajstić information content (AvgIpc) is 3.04. The molecule has 1 aliphatic rings. The summed E-state index contributed by atoms with van der Waals surface area (Å²) in [5, 5.41) is 0. The smallest absolute Gasteiger partial charge is 0.338 e. The molecule has 0 saturated heterocycles. The maximum atomic E-state index is 12.4. The van der Waals surface area contributed by atoms with Crippen LogP contribution in [0.3, 0.4) is 0 Å². The lowest BCUT2D eigenvalue weighted by molar-refractivity contribution is -0.131. The normalized spacial score (nSPS) is 11.4. The zero-order chi connectivity index (χ0) is 21.3. The van der Waals surface area contributed by atoms with Gasteiger partial charge in [-0.2, -0.15) is 0 Å². The maximum Gasteiger partial charge on any atom is 0.338 e. The average molecular weight is 400 g/mol. The van der Waals surface area contributed by atoms with Crippen molar-refractivity contribution in [3.8, 4) is 16.9 Å². The molecule has 4 rings (SSSR count). The number of hydrogen-bond donors (Lipinski definition) is 0. The highest BCUT2D eigenvalue weighted by molar-refractivity contribution is 6.22. The first-order chi connectivity index (χ1) is 14.4. The summed E-state index contributed by atoms with van der Waals surface area (Å²) in [6.45, 7) is 0.852.